The third-order valence-corrected chi connectivity index (χ3v) is 6.19. The number of pyridine rings is 1. The predicted molar refractivity (Wildman–Crippen MR) is 151 cm³/mol. The number of benzene rings is 2. The summed E-state index contributed by atoms with van der Waals surface area (Å²) in [5.74, 6) is -2.76. The van der Waals surface area contributed by atoms with Gasteiger partial charge in [0.05, 0.1) is 22.7 Å². The minimum absolute atomic E-state index is 0.0156. The van der Waals surface area contributed by atoms with Crippen LogP contribution in [0.25, 0.3) is 33.6 Å². The zero-order valence-corrected chi connectivity index (χ0v) is 24.0. The number of furan rings is 1. The SMILES string of the molecule is CC.CNC(=O)c1c(-c2ccc(F)cc2)oc2nc(CCC(F)(F)F)c(-c3cc(C(=O)NC(C)(C)C#N)ccc3F)cc12. The maximum Gasteiger partial charge on any atom is 0.389 e. The Kier molecular flexibility index (Phi) is 9.91. The fraction of sp³-hybridized carbons (Fsp3) is 0.290. The van der Waals surface area contributed by atoms with E-state index in [9.17, 15) is 32.4 Å². The van der Waals surface area contributed by atoms with Crippen LogP contribution in [-0.4, -0.2) is 35.6 Å². The number of fused-ring (bicyclic) bond motifs is 1. The second-order valence-corrected chi connectivity index (χ2v) is 9.73. The van der Waals surface area contributed by atoms with Crippen LogP contribution in [0.3, 0.4) is 0 Å². The number of nitrogens with one attached hydrogen (secondary N) is 2. The van der Waals surface area contributed by atoms with Crippen molar-refractivity contribution < 1.29 is 36.0 Å². The van der Waals surface area contributed by atoms with Crippen molar-refractivity contribution in [3.05, 3.63) is 77.0 Å². The molecular weight excluding hydrogens is 571 g/mol. The highest BCUT2D eigenvalue weighted by Crippen LogP contribution is 2.38. The molecule has 0 aliphatic rings. The second kappa shape index (κ2) is 13.0. The van der Waals surface area contributed by atoms with Gasteiger partial charge in [0, 0.05) is 35.7 Å². The Bertz CT molecular complexity index is 1690. The molecule has 2 aromatic carbocycles. The maximum atomic E-state index is 15.2. The normalized spacial score (nSPS) is 11.4. The largest absolute Gasteiger partial charge is 0.437 e. The van der Waals surface area contributed by atoms with E-state index in [1.54, 1.807) is 0 Å². The minimum Gasteiger partial charge on any atom is -0.437 e. The zero-order valence-electron chi connectivity index (χ0n) is 24.0. The van der Waals surface area contributed by atoms with Gasteiger partial charge >= 0.3 is 6.18 Å². The Morgan fingerprint density at radius 3 is 2.21 bits per heavy atom. The molecule has 4 rings (SSSR count). The van der Waals surface area contributed by atoms with E-state index in [1.165, 1.54) is 45.2 Å². The number of amides is 2. The fourth-order valence-electron chi connectivity index (χ4n) is 4.16. The van der Waals surface area contributed by atoms with Gasteiger partial charge in [-0.1, -0.05) is 13.8 Å². The maximum absolute atomic E-state index is 15.2. The van der Waals surface area contributed by atoms with Crippen molar-refractivity contribution in [1.29, 1.82) is 5.26 Å². The average molecular weight is 601 g/mol. The number of hydrogen-bond acceptors (Lipinski definition) is 5. The number of carbonyl (C=O) groups is 2. The van der Waals surface area contributed by atoms with Gasteiger partial charge in [-0.3, -0.25) is 9.59 Å². The number of aryl methyl sites for hydroxylation is 1. The molecule has 43 heavy (non-hydrogen) atoms. The third kappa shape index (κ3) is 7.54. The van der Waals surface area contributed by atoms with Crippen molar-refractivity contribution in [2.75, 3.05) is 7.05 Å². The molecule has 2 heterocycles. The Morgan fingerprint density at radius 2 is 1.63 bits per heavy atom. The molecule has 7 nitrogen and oxygen atoms in total. The van der Waals surface area contributed by atoms with Gasteiger partial charge in [-0.2, -0.15) is 18.4 Å². The summed E-state index contributed by atoms with van der Waals surface area (Å²) in [6, 6.07) is 11.5. The number of alkyl halides is 3. The van der Waals surface area contributed by atoms with Crippen molar-refractivity contribution in [3.8, 4) is 28.5 Å². The summed E-state index contributed by atoms with van der Waals surface area (Å²) < 4.78 is 74.2. The van der Waals surface area contributed by atoms with E-state index in [-0.39, 0.29) is 44.8 Å². The van der Waals surface area contributed by atoms with E-state index in [2.05, 4.69) is 15.6 Å². The second-order valence-electron chi connectivity index (χ2n) is 9.73. The van der Waals surface area contributed by atoms with E-state index in [4.69, 9.17) is 4.42 Å². The van der Waals surface area contributed by atoms with Crippen LogP contribution in [0.2, 0.25) is 0 Å². The summed E-state index contributed by atoms with van der Waals surface area (Å²) in [4.78, 5) is 30.0. The molecule has 0 aliphatic heterocycles. The third-order valence-electron chi connectivity index (χ3n) is 6.19. The molecule has 4 aromatic rings. The molecule has 0 aliphatic carbocycles. The smallest absolute Gasteiger partial charge is 0.389 e. The average Bonchev–Trinajstić information content (AvgIpc) is 3.34. The topological polar surface area (TPSA) is 108 Å². The lowest BCUT2D eigenvalue weighted by Crippen LogP contribution is -2.42. The molecular formula is C31H29F5N4O3. The van der Waals surface area contributed by atoms with E-state index >= 15 is 4.39 Å². The molecule has 0 saturated heterocycles. The molecule has 0 atom stereocenters. The standard InChI is InChI=1S/C29H23F5N4O3.C2H6/c1-28(2,14-35)38-25(39)16-6-9-21(31)18(12-16)19-13-20-23(26(40)36-3)24(15-4-7-17(30)8-5-15)41-27(20)37-22(19)10-11-29(32,33)34;1-2/h4-9,12-13H,10-11H2,1-3H3,(H,36,40)(H,38,39);1-2H3. The van der Waals surface area contributed by atoms with Gasteiger partial charge in [0.1, 0.15) is 22.9 Å². The first kappa shape index (κ1) is 32.7. The van der Waals surface area contributed by atoms with Gasteiger partial charge in [-0.05, 0) is 68.8 Å². The van der Waals surface area contributed by atoms with E-state index in [0.717, 1.165) is 24.3 Å². The minimum atomic E-state index is -4.56. The van der Waals surface area contributed by atoms with Crippen molar-refractivity contribution in [2.45, 2.75) is 52.3 Å². The Labute approximate surface area is 244 Å². The highest BCUT2D eigenvalue weighted by Gasteiger charge is 2.30. The van der Waals surface area contributed by atoms with Crippen LogP contribution in [-0.2, 0) is 6.42 Å². The van der Waals surface area contributed by atoms with Crippen LogP contribution in [0.4, 0.5) is 22.0 Å². The lowest BCUT2D eigenvalue weighted by atomic mass is 9.96. The van der Waals surface area contributed by atoms with Crippen molar-refractivity contribution >= 4 is 22.9 Å². The summed E-state index contributed by atoms with van der Waals surface area (Å²) in [5.41, 5.74) is -1.77. The highest BCUT2D eigenvalue weighted by molar-refractivity contribution is 6.11. The summed E-state index contributed by atoms with van der Waals surface area (Å²) in [5, 5.41) is 14.2. The molecule has 0 bridgehead atoms. The van der Waals surface area contributed by atoms with Crippen molar-refractivity contribution in [3.63, 3.8) is 0 Å². The molecule has 0 unspecified atom stereocenters. The van der Waals surface area contributed by atoms with Crippen molar-refractivity contribution in [2.24, 2.45) is 0 Å². The first-order chi connectivity index (χ1) is 20.2. The van der Waals surface area contributed by atoms with Crippen LogP contribution >= 0.6 is 0 Å². The molecule has 2 amide bonds. The van der Waals surface area contributed by atoms with Crippen LogP contribution in [0, 0.1) is 23.0 Å². The first-order valence-corrected chi connectivity index (χ1v) is 13.3. The zero-order chi connectivity index (χ0) is 32.1. The quantitative estimate of drug-likeness (QED) is 0.216. The van der Waals surface area contributed by atoms with Gasteiger partial charge in [-0.15, -0.1) is 0 Å². The van der Waals surface area contributed by atoms with E-state index in [0.29, 0.717) is 5.56 Å². The fourth-order valence-corrected chi connectivity index (χ4v) is 4.16. The molecule has 226 valence electrons. The molecule has 2 N–H and O–H groups in total. The number of halogens is 5. The predicted octanol–water partition coefficient (Wildman–Crippen LogP) is 7.35. The Hall–Kier alpha value is -4.79. The number of hydrogen-bond donors (Lipinski definition) is 2. The number of rotatable bonds is 7. The monoisotopic (exact) mass is 600 g/mol. The van der Waals surface area contributed by atoms with Crippen LogP contribution in [0.15, 0.2) is 52.9 Å². The molecule has 0 spiro atoms. The first-order valence-electron chi connectivity index (χ1n) is 13.3. The number of nitriles is 1. The summed E-state index contributed by atoms with van der Waals surface area (Å²) in [6.07, 6.45) is -6.51. The van der Waals surface area contributed by atoms with Crippen LogP contribution < -0.4 is 10.6 Å². The summed E-state index contributed by atoms with van der Waals surface area (Å²) in [7, 11) is 1.35. The van der Waals surface area contributed by atoms with Crippen LogP contribution in [0.1, 0.15) is 60.5 Å². The van der Waals surface area contributed by atoms with Gasteiger partial charge in [0.25, 0.3) is 11.8 Å². The Balaban J connectivity index is 0.00000248. The van der Waals surface area contributed by atoms with Crippen LogP contribution in [0.5, 0.6) is 0 Å². The number of aromatic nitrogens is 1. The molecule has 0 fully saturated rings. The molecule has 2 aromatic heterocycles. The lowest BCUT2D eigenvalue weighted by molar-refractivity contribution is -0.134. The van der Waals surface area contributed by atoms with E-state index in [1.807, 2.05) is 19.9 Å². The Morgan fingerprint density at radius 1 is 0.977 bits per heavy atom. The lowest BCUT2D eigenvalue weighted by Gasteiger charge is -2.18. The number of nitrogens with zero attached hydrogens (tertiary/aromatic N) is 2. The summed E-state index contributed by atoms with van der Waals surface area (Å²) in [6.45, 7) is 6.92. The van der Waals surface area contributed by atoms with Crippen molar-refractivity contribution in [1.82, 2.24) is 15.6 Å². The van der Waals surface area contributed by atoms with E-state index < -0.39 is 48.0 Å². The van der Waals surface area contributed by atoms with Gasteiger partial charge < -0.3 is 15.1 Å². The summed E-state index contributed by atoms with van der Waals surface area (Å²) >= 11 is 0. The number of carbonyl (C=O) groups excluding carboxylic acids is 2. The molecule has 0 saturated carbocycles. The van der Waals surface area contributed by atoms with Gasteiger partial charge in [0.15, 0.2) is 0 Å². The van der Waals surface area contributed by atoms with Gasteiger partial charge in [0.2, 0.25) is 5.71 Å². The highest BCUT2D eigenvalue weighted by atomic mass is 19.4. The molecule has 12 heteroatoms. The van der Waals surface area contributed by atoms with Gasteiger partial charge in [-0.25, -0.2) is 13.8 Å². The molecule has 0 radical (unpaired) electrons.